The van der Waals surface area contributed by atoms with Crippen LogP contribution in [0.5, 0.6) is 0 Å². The van der Waals surface area contributed by atoms with Crippen molar-refractivity contribution in [1.29, 1.82) is 0 Å². The van der Waals surface area contributed by atoms with Crippen LogP contribution in [0.2, 0.25) is 0 Å². The molecule has 0 aromatic heterocycles. The van der Waals surface area contributed by atoms with Crippen LogP contribution in [0.25, 0.3) is 0 Å². The first kappa shape index (κ1) is 18.8. The molecule has 2 aliphatic heterocycles. The minimum absolute atomic E-state index is 0.302. The lowest BCUT2D eigenvalue weighted by Crippen LogP contribution is -2.68. The van der Waals surface area contributed by atoms with Crippen molar-refractivity contribution in [3.05, 3.63) is 0 Å². The third-order valence-corrected chi connectivity index (χ3v) is 7.82. The fraction of sp³-hybridized carbons (Fsp3) is 1.00. The van der Waals surface area contributed by atoms with Crippen LogP contribution in [0.3, 0.4) is 0 Å². The van der Waals surface area contributed by atoms with Crippen molar-refractivity contribution in [2.45, 2.75) is 86.9 Å². The van der Waals surface area contributed by atoms with Crippen molar-refractivity contribution in [3.8, 4) is 0 Å². The van der Waals surface area contributed by atoms with Crippen LogP contribution in [0.15, 0.2) is 0 Å². The van der Waals surface area contributed by atoms with Crippen LogP contribution < -0.4 is 16.2 Å². The molecule has 5 unspecified atom stereocenters. The third-order valence-electron chi connectivity index (χ3n) is 6.98. The molecule has 144 valence electrons. The zero-order valence-corrected chi connectivity index (χ0v) is 16.6. The predicted molar refractivity (Wildman–Crippen MR) is 103 cm³/mol. The molecule has 6 atom stereocenters. The number of alkyl halides is 2. The summed E-state index contributed by atoms with van der Waals surface area (Å²) in [5, 5.41) is 4.45. The molecular weight excluding hydrogens is 357 g/mol. The molecule has 4 fully saturated rings. The van der Waals surface area contributed by atoms with Gasteiger partial charge in [-0.15, -0.1) is 23.2 Å². The Hall–Kier alpha value is 0.420. The van der Waals surface area contributed by atoms with E-state index in [9.17, 15) is 0 Å². The number of rotatable bonds is 4. The highest BCUT2D eigenvalue weighted by Gasteiger charge is 2.45. The highest BCUT2D eigenvalue weighted by molar-refractivity contribution is 6.20. The van der Waals surface area contributed by atoms with Gasteiger partial charge in [-0.25, -0.2) is 5.43 Å². The van der Waals surface area contributed by atoms with E-state index in [4.69, 9.17) is 27.9 Å². The molecule has 2 heterocycles. The minimum Gasteiger partial charge on any atom is -0.377 e. The second-order valence-electron chi connectivity index (χ2n) is 8.59. The molecule has 25 heavy (non-hydrogen) atoms. The summed E-state index contributed by atoms with van der Waals surface area (Å²) in [5.41, 5.74) is 7.32. The van der Waals surface area contributed by atoms with Gasteiger partial charge in [0.25, 0.3) is 0 Å². The molecular formula is C19H33Cl2N3O. The quantitative estimate of drug-likeness (QED) is 0.644. The Balaban J connectivity index is 1.38. The molecule has 4 nitrogen and oxygen atoms in total. The van der Waals surface area contributed by atoms with Crippen molar-refractivity contribution < 1.29 is 4.74 Å². The van der Waals surface area contributed by atoms with Crippen molar-refractivity contribution in [2.24, 2.45) is 17.8 Å². The summed E-state index contributed by atoms with van der Waals surface area (Å²) in [6, 6.07) is 0.569. The Kier molecular flexibility index (Phi) is 6.47. The van der Waals surface area contributed by atoms with Crippen LogP contribution in [-0.4, -0.2) is 42.2 Å². The van der Waals surface area contributed by atoms with Gasteiger partial charge in [-0.3, -0.25) is 10.7 Å². The Morgan fingerprint density at radius 3 is 2.44 bits per heavy atom. The van der Waals surface area contributed by atoms with Crippen LogP contribution in [-0.2, 0) is 4.74 Å². The summed E-state index contributed by atoms with van der Waals surface area (Å²) in [6.07, 6.45) is 11.4. The molecule has 0 amide bonds. The zero-order valence-electron chi connectivity index (χ0n) is 15.1. The fourth-order valence-corrected chi connectivity index (χ4v) is 6.16. The molecule has 0 spiro atoms. The average molecular weight is 390 g/mol. The minimum atomic E-state index is 0.302. The van der Waals surface area contributed by atoms with E-state index in [-0.39, 0.29) is 0 Å². The summed E-state index contributed by atoms with van der Waals surface area (Å²) in [5.74, 6) is 2.08. The van der Waals surface area contributed by atoms with E-state index in [0.717, 1.165) is 37.8 Å². The third kappa shape index (κ3) is 4.47. The molecule has 4 aliphatic rings. The maximum atomic E-state index is 6.56. The SMILES string of the molecule is ClC1CCC(C2NNC(NC[C@H]3CCCO3)C3CC(Cl)CCC32)CC1. The van der Waals surface area contributed by atoms with Gasteiger partial charge in [0.1, 0.15) is 0 Å². The average Bonchev–Trinajstić information content (AvgIpc) is 3.14. The van der Waals surface area contributed by atoms with E-state index in [1.807, 2.05) is 0 Å². The standard InChI is InChI=1S/C19H33Cl2N3O/c20-13-5-3-12(4-6-13)18-16-8-7-14(21)10-17(16)19(24-23-18)22-11-15-2-1-9-25-15/h12-19,22-24H,1-11H2/t12?,13?,14?,15-,16?,17?,18?,19?/m1/s1. The van der Waals surface area contributed by atoms with Gasteiger partial charge in [0, 0.05) is 29.9 Å². The van der Waals surface area contributed by atoms with Crippen LogP contribution >= 0.6 is 23.2 Å². The molecule has 2 saturated heterocycles. The molecule has 0 aromatic carbocycles. The number of hydrazine groups is 1. The fourth-order valence-electron chi connectivity index (χ4n) is 5.58. The molecule has 0 aromatic rings. The lowest BCUT2D eigenvalue weighted by atomic mass is 9.67. The van der Waals surface area contributed by atoms with Crippen molar-refractivity contribution in [1.82, 2.24) is 16.2 Å². The first-order valence-corrected chi connectivity index (χ1v) is 11.2. The number of hydrogen-bond acceptors (Lipinski definition) is 4. The van der Waals surface area contributed by atoms with Gasteiger partial charge in [-0.2, -0.15) is 0 Å². The molecule has 0 radical (unpaired) electrons. The van der Waals surface area contributed by atoms with Gasteiger partial charge in [-0.1, -0.05) is 0 Å². The second kappa shape index (κ2) is 8.62. The Morgan fingerprint density at radius 1 is 0.880 bits per heavy atom. The van der Waals surface area contributed by atoms with E-state index in [2.05, 4.69) is 16.2 Å². The van der Waals surface area contributed by atoms with Gasteiger partial charge in [-0.05, 0) is 75.5 Å². The smallest absolute Gasteiger partial charge is 0.0737 e. The van der Waals surface area contributed by atoms with Crippen molar-refractivity contribution in [2.75, 3.05) is 13.2 Å². The summed E-state index contributed by atoms with van der Waals surface area (Å²) in [4.78, 5) is 0. The summed E-state index contributed by atoms with van der Waals surface area (Å²) in [6.45, 7) is 1.86. The van der Waals surface area contributed by atoms with E-state index < -0.39 is 0 Å². The number of fused-ring (bicyclic) bond motifs is 1. The van der Waals surface area contributed by atoms with Crippen LogP contribution in [0.1, 0.15) is 57.8 Å². The normalized spacial score (nSPS) is 48.2. The summed E-state index contributed by atoms with van der Waals surface area (Å²) in [7, 11) is 0. The molecule has 0 bridgehead atoms. The lowest BCUT2D eigenvalue weighted by Gasteiger charge is -2.51. The Labute approximate surface area is 162 Å². The van der Waals surface area contributed by atoms with E-state index in [1.54, 1.807) is 0 Å². The summed E-state index contributed by atoms with van der Waals surface area (Å²) >= 11 is 12.9. The number of nitrogens with one attached hydrogen (secondary N) is 3. The second-order valence-corrected chi connectivity index (χ2v) is 9.82. The summed E-state index contributed by atoms with van der Waals surface area (Å²) < 4.78 is 5.78. The highest BCUT2D eigenvalue weighted by Crippen LogP contribution is 2.43. The van der Waals surface area contributed by atoms with Gasteiger partial charge in [0.15, 0.2) is 0 Å². The molecule has 3 N–H and O–H groups in total. The Bertz CT molecular complexity index is 427. The van der Waals surface area contributed by atoms with Gasteiger partial charge in [0.2, 0.25) is 0 Å². The number of hydrogen-bond donors (Lipinski definition) is 3. The first-order valence-electron chi connectivity index (χ1n) is 10.3. The van der Waals surface area contributed by atoms with Gasteiger partial charge >= 0.3 is 0 Å². The molecule has 6 heteroatoms. The van der Waals surface area contributed by atoms with Gasteiger partial charge < -0.3 is 4.74 Å². The first-order chi connectivity index (χ1) is 12.2. The monoisotopic (exact) mass is 389 g/mol. The molecule has 4 rings (SSSR count). The van der Waals surface area contributed by atoms with E-state index >= 15 is 0 Å². The predicted octanol–water partition coefficient (Wildman–Crippen LogP) is 3.38. The van der Waals surface area contributed by atoms with Crippen molar-refractivity contribution >= 4 is 23.2 Å². The molecule has 2 aliphatic carbocycles. The lowest BCUT2D eigenvalue weighted by molar-refractivity contribution is 0.0188. The van der Waals surface area contributed by atoms with Crippen molar-refractivity contribution in [3.63, 3.8) is 0 Å². The maximum Gasteiger partial charge on any atom is 0.0737 e. The highest BCUT2D eigenvalue weighted by atomic mass is 35.5. The number of ether oxygens (including phenoxy) is 1. The van der Waals surface area contributed by atoms with Crippen LogP contribution in [0, 0.1) is 17.8 Å². The zero-order chi connectivity index (χ0) is 17.2. The number of halogens is 2. The van der Waals surface area contributed by atoms with E-state index in [1.165, 1.54) is 44.9 Å². The van der Waals surface area contributed by atoms with Gasteiger partial charge in [0.05, 0.1) is 12.3 Å². The molecule has 2 saturated carbocycles. The Morgan fingerprint density at radius 2 is 1.68 bits per heavy atom. The maximum absolute atomic E-state index is 6.56. The van der Waals surface area contributed by atoms with E-state index in [0.29, 0.717) is 35.0 Å². The largest absolute Gasteiger partial charge is 0.377 e. The topological polar surface area (TPSA) is 45.3 Å². The van der Waals surface area contributed by atoms with Crippen LogP contribution in [0.4, 0.5) is 0 Å².